The van der Waals surface area contributed by atoms with Gasteiger partial charge in [-0.15, -0.1) is 0 Å². The van der Waals surface area contributed by atoms with Gasteiger partial charge in [0.1, 0.15) is 12.0 Å². The van der Waals surface area contributed by atoms with Crippen LogP contribution in [0.1, 0.15) is 44.8 Å². The molecule has 1 aliphatic heterocycles. The van der Waals surface area contributed by atoms with Crippen molar-refractivity contribution in [2.24, 2.45) is 0 Å². The lowest BCUT2D eigenvalue weighted by atomic mass is 10.1. The predicted molar refractivity (Wildman–Crippen MR) is 72.6 cm³/mol. The maximum absolute atomic E-state index is 9.45. The fourth-order valence-electron chi connectivity index (χ4n) is 2.38. The third-order valence-electron chi connectivity index (χ3n) is 3.57. The third-order valence-corrected chi connectivity index (χ3v) is 3.57. The first-order valence-electron chi connectivity index (χ1n) is 6.85. The largest absolute Gasteiger partial charge is 0.475 e. The standard InChI is InChI=1S/C15H23NO2/c1-12(17)14-6-8-15(9-7-14)18-13(2)16-10-4-3-5-11-16/h6-9,12-13,17H,3-5,10-11H2,1-2H3. The molecule has 2 rings (SSSR count). The molecule has 0 radical (unpaired) electrons. The zero-order valence-electron chi connectivity index (χ0n) is 11.3. The maximum Gasteiger partial charge on any atom is 0.149 e. The Morgan fingerprint density at radius 3 is 2.22 bits per heavy atom. The first kappa shape index (κ1) is 13.4. The van der Waals surface area contributed by atoms with E-state index in [4.69, 9.17) is 4.74 Å². The SMILES string of the molecule is CC(O)c1ccc(OC(C)N2CCCCC2)cc1. The van der Waals surface area contributed by atoms with E-state index in [0.717, 1.165) is 24.4 Å². The van der Waals surface area contributed by atoms with Gasteiger partial charge in [-0.1, -0.05) is 18.6 Å². The molecule has 3 heteroatoms. The van der Waals surface area contributed by atoms with Gasteiger partial charge in [0.25, 0.3) is 0 Å². The molecule has 2 unspecified atom stereocenters. The van der Waals surface area contributed by atoms with Crippen LogP contribution in [0.5, 0.6) is 5.75 Å². The molecule has 1 aromatic rings. The Morgan fingerprint density at radius 2 is 1.67 bits per heavy atom. The molecular formula is C15H23NO2. The summed E-state index contributed by atoms with van der Waals surface area (Å²) < 4.78 is 5.93. The summed E-state index contributed by atoms with van der Waals surface area (Å²) in [7, 11) is 0. The number of hydrogen-bond donors (Lipinski definition) is 1. The molecule has 0 bridgehead atoms. The first-order chi connectivity index (χ1) is 8.66. The number of rotatable bonds is 4. The summed E-state index contributed by atoms with van der Waals surface area (Å²) >= 11 is 0. The topological polar surface area (TPSA) is 32.7 Å². The number of benzene rings is 1. The van der Waals surface area contributed by atoms with Crippen molar-refractivity contribution < 1.29 is 9.84 Å². The number of aliphatic hydroxyl groups is 1. The first-order valence-corrected chi connectivity index (χ1v) is 6.85. The molecule has 0 saturated carbocycles. The van der Waals surface area contributed by atoms with Crippen LogP contribution in [-0.4, -0.2) is 29.3 Å². The summed E-state index contributed by atoms with van der Waals surface area (Å²) in [5.41, 5.74) is 0.924. The van der Waals surface area contributed by atoms with Gasteiger partial charge in [-0.25, -0.2) is 0 Å². The summed E-state index contributed by atoms with van der Waals surface area (Å²) in [6.07, 6.45) is 3.59. The summed E-state index contributed by atoms with van der Waals surface area (Å²) in [5, 5.41) is 9.45. The monoisotopic (exact) mass is 249 g/mol. The van der Waals surface area contributed by atoms with Crippen molar-refractivity contribution in [1.82, 2.24) is 4.90 Å². The van der Waals surface area contributed by atoms with Gasteiger partial charge in [0.05, 0.1) is 6.10 Å². The lowest BCUT2D eigenvalue weighted by molar-refractivity contribution is 0.0262. The van der Waals surface area contributed by atoms with E-state index in [1.165, 1.54) is 19.3 Å². The summed E-state index contributed by atoms with van der Waals surface area (Å²) in [6, 6.07) is 7.71. The molecule has 2 atom stereocenters. The molecule has 0 aromatic heterocycles. The van der Waals surface area contributed by atoms with E-state index < -0.39 is 6.10 Å². The Balaban J connectivity index is 1.91. The molecule has 1 heterocycles. The predicted octanol–water partition coefficient (Wildman–Crippen LogP) is 2.95. The van der Waals surface area contributed by atoms with Crippen LogP contribution >= 0.6 is 0 Å². The number of ether oxygens (including phenoxy) is 1. The Morgan fingerprint density at radius 1 is 1.06 bits per heavy atom. The maximum atomic E-state index is 9.45. The van der Waals surface area contributed by atoms with Crippen LogP contribution in [0.3, 0.4) is 0 Å². The minimum atomic E-state index is -0.418. The molecule has 1 aromatic carbocycles. The molecule has 0 spiro atoms. The quantitative estimate of drug-likeness (QED) is 0.890. The normalized spacial score (nSPS) is 20.4. The highest BCUT2D eigenvalue weighted by Crippen LogP contribution is 2.20. The minimum Gasteiger partial charge on any atom is -0.475 e. The van der Waals surface area contributed by atoms with Crippen LogP contribution in [0.25, 0.3) is 0 Å². The molecule has 100 valence electrons. The number of likely N-dealkylation sites (tertiary alicyclic amines) is 1. The van der Waals surface area contributed by atoms with Gasteiger partial charge in [0.15, 0.2) is 0 Å². The zero-order valence-corrected chi connectivity index (χ0v) is 11.3. The van der Waals surface area contributed by atoms with Crippen LogP contribution in [0.15, 0.2) is 24.3 Å². The summed E-state index contributed by atoms with van der Waals surface area (Å²) in [4.78, 5) is 2.38. The number of piperidine rings is 1. The van der Waals surface area contributed by atoms with Crippen molar-refractivity contribution in [1.29, 1.82) is 0 Å². The van der Waals surface area contributed by atoms with Crippen LogP contribution in [0.2, 0.25) is 0 Å². The average molecular weight is 249 g/mol. The Hall–Kier alpha value is -1.06. The van der Waals surface area contributed by atoms with Crippen LogP contribution < -0.4 is 4.74 Å². The van der Waals surface area contributed by atoms with E-state index in [-0.39, 0.29) is 6.23 Å². The van der Waals surface area contributed by atoms with Gasteiger partial charge in [0, 0.05) is 13.1 Å². The molecule has 1 saturated heterocycles. The lowest BCUT2D eigenvalue weighted by Crippen LogP contribution is -2.40. The Kier molecular flexibility index (Phi) is 4.61. The molecule has 1 fully saturated rings. The molecule has 1 N–H and O–H groups in total. The van der Waals surface area contributed by atoms with Gasteiger partial charge < -0.3 is 9.84 Å². The van der Waals surface area contributed by atoms with E-state index in [1.807, 2.05) is 24.3 Å². The Labute approximate surface area is 109 Å². The molecule has 18 heavy (non-hydrogen) atoms. The lowest BCUT2D eigenvalue weighted by Gasteiger charge is -2.32. The van der Waals surface area contributed by atoms with Crippen molar-refractivity contribution >= 4 is 0 Å². The average Bonchev–Trinajstić information content (AvgIpc) is 2.40. The van der Waals surface area contributed by atoms with Gasteiger partial charge >= 0.3 is 0 Å². The molecule has 1 aliphatic rings. The van der Waals surface area contributed by atoms with E-state index in [1.54, 1.807) is 6.92 Å². The molecular weight excluding hydrogens is 226 g/mol. The van der Waals surface area contributed by atoms with Gasteiger partial charge in [-0.2, -0.15) is 0 Å². The van der Waals surface area contributed by atoms with Crippen LogP contribution in [-0.2, 0) is 0 Å². The molecule has 0 aliphatic carbocycles. The van der Waals surface area contributed by atoms with Crippen molar-refractivity contribution in [2.45, 2.75) is 45.4 Å². The third kappa shape index (κ3) is 3.47. The second kappa shape index (κ2) is 6.21. The molecule has 0 amide bonds. The minimum absolute atomic E-state index is 0.127. The highest BCUT2D eigenvalue weighted by molar-refractivity contribution is 5.28. The number of aliphatic hydroxyl groups excluding tert-OH is 1. The van der Waals surface area contributed by atoms with Gasteiger partial charge in [-0.05, 0) is 44.4 Å². The van der Waals surface area contributed by atoms with E-state index in [9.17, 15) is 5.11 Å². The van der Waals surface area contributed by atoms with E-state index in [0.29, 0.717) is 0 Å². The summed E-state index contributed by atoms with van der Waals surface area (Å²) in [5.74, 6) is 0.873. The van der Waals surface area contributed by atoms with Crippen LogP contribution in [0, 0.1) is 0 Å². The highest BCUT2D eigenvalue weighted by Gasteiger charge is 2.17. The van der Waals surface area contributed by atoms with Crippen molar-refractivity contribution in [2.75, 3.05) is 13.1 Å². The van der Waals surface area contributed by atoms with Crippen molar-refractivity contribution in [3.63, 3.8) is 0 Å². The molecule has 3 nitrogen and oxygen atoms in total. The van der Waals surface area contributed by atoms with E-state index in [2.05, 4.69) is 11.8 Å². The van der Waals surface area contributed by atoms with Crippen molar-refractivity contribution in [3.05, 3.63) is 29.8 Å². The van der Waals surface area contributed by atoms with Gasteiger partial charge in [-0.3, -0.25) is 4.90 Å². The number of hydrogen-bond acceptors (Lipinski definition) is 3. The second-order valence-corrected chi connectivity index (χ2v) is 5.06. The van der Waals surface area contributed by atoms with Crippen molar-refractivity contribution in [3.8, 4) is 5.75 Å². The number of nitrogens with zero attached hydrogens (tertiary/aromatic N) is 1. The fourth-order valence-corrected chi connectivity index (χ4v) is 2.38. The van der Waals surface area contributed by atoms with E-state index >= 15 is 0 Å². The summed E-state index contributed by atoms with van der Waals surface area (Å²) in [6.45, 7) is 6.14. The fraction of sp³-hybridized carbons (Fsp3) is 0.600. The smallest absolute Gasteiger partial charge is 0.149 e. The van der Waals surface area contributed by atoms with Crippen LogP contribution in [0.4, 0.5) is 0 Å². The zero-order chi connectivity index (χ0) is 13.0. The highest BCUT2D eigenvalue weighted by atomic mass is 16.5. The second-order valence-electron chi connectivity index (χ2n) is 5.06. The van der Waals surface area contributed by atoms with Gasteiger partial charge in [0.2, 0.25) is 0 Å². The Bertz CT molecular complexity index is 355.